The first kappa shape index (κ1) is 10.4. The first-order valence-electron chi connectivity index (χ1n) is 4.93. The van der Waals surface area contributed by atoms with Crippen molar-refractivity contribution in [2.24, 2.45) is 7.05 Å². The van der Waals surface area contributed by atoms with Crippen molar-refractivity contribution in [2.45, 2.75) is 13.5 Å². The predicted molar refractivity (Wildman–Crippen MR) is 57.7 cm³/mol. The quantitative estimate of drug-likeness (QED) is 0.783. The third-order valence-corrected chi connectivity index (χ3v) is 2.23. The highest BCUT2D eigenvalue weighted by Gasteiger charge is 2.11. The van der Waals surface area contributed by atoms with Crippen LogP contribution in [0.4, 0.5) is 0 Å². The number of carbonyl (C=O) groups is 1. The van der Waals surface area contributed by atoms with Gasteiger partial charge in [0.05, 0.1) is 24.3 Å². The molecule has 0 aliphatic heterocycles. The molecule has 6 heteroatoms. The van der Waals surface area contributed by atoms with Crippen molar-refractivity contribution in [3.63, 3.8) is 0 Å². The zero-order valence-electron chi connectivity index (χ0n) is 9.19. The van der Waals surface area contributed by atoms with E-state index < -0.39 is 0 Å². The maximum absolute atomic E-state index is 11.8. The van der Waals surface area contributed by atoms with Crippen LogP contribution < -0.4 is 5.32 Å². The zero-order valence-corrected chi connectivity index (χ0v) is 9.19. The molecule has 0 atom stereocenters. The molecule has 84 valence electrons. The summed E-state index contributed by atoms with van der Waals surface area (Å²) in [4.78, 5) is 18.6. The minimum Gasteiger partial charge on any atom is -0.347 e. The average Bonchev–Trinajstić information content (AvgIpc) is 2.84. The van der Waals surface area contributed by atoms with Crippen molar-refractivity contribution in [1.29, 1.82) is 0 Å². The molecule has 2 heterocycles. The van der Waals surface area contributed by atoms with Crippen LogP contribution in [-0.2, 0) is 13.6 Å². The minimum atomic E-state index is -0.141. The third-order valence-electron chi connectivity index (χ3n) is 2.23. The first-order chi connectivity index (χ1) is 7.66. The smallest absolute Gasteiger partial charge is 0.269 e. The van der Waals surface area contributed by atoms with E-state index in [-0.39, 0.29) is 5.91 Å². The van der Waals surface area contributed by atoms with E-state index >= 15 is 0 Å². The number of H-pyrrole nitrogens is 1. The van der Waals surface area contributed by atoms with Crippen LogP contribution in [-0.4, -0.2) is 25.7 Å². The van der Waals surface area contributed by atoms with Crippen LogP contribution >= 0.6 is 0 Å². The predicted octanol–water partition coefficient (Wildman–Crippen LogP) is 0.382. The second kappa shape index (κ2) is 4.18. The second-order valence-electron chi connectivity index (χ2n) is 3.55. The molecule has 0 fully saturated rings. The number of rotatable bonds is 3. The molecular weight excluding hydrogens is 206 g/mol. The molecule has 0 saturated carbocycles. The van der Waals surface area contributed by atoms with Gasteiger partial charge in [-0.15, -0.1) is 0 Å². The molecule has 16 heavy (non-hydrogen) atoms. The lowest BCUT2D eigenvalue weighted by Gasteiger charge is -2.03. The van der Waals surface area contributed by atoms with Gasteiger partial charge in [-0.3, -0.25) is 9.48 Å². The molecule has 6 nitrogen and oxygen atoms in total. The van der Waals surface area contributed by atoms with Crippen molar-refractivity contribution in [3.05, 3.63) is 35.7 Å². The Morgan fingerprint density at radius 3 is 3.00 bits per heavy atom. The van der Waals surface area contributed by atoms with Gasteiger partial charge >= 0.3 is 0 Å². The highest BCUT2D eigenvalue weighted by molar-refractivity contribution is 5.92. The van der Waals surface area contributed by atoms with Gasteiger partial charge in [-0.1, -0.05) is 0 Å². The van der Waals surface area contributed by atoms with E-state index in [0.29, 0.717) is 12.2 Å². The molecule has 2 aromatic heterocycles. The number of aromatic nitrogens is 4. The van der Waals surface area contributed by atoms with Gasteiger partial charge in [0, 0.05) is 13.2 Å². The fraction of sp³-hybridized carbons (Fsp3) is 0.300. The van der Waals surface area contributed by atoms with Crippen molar-refractivity contribution >= 4 is 5.91 Å². The standard InChI is InChI=1S/C10H13N5O/c1-7-3-9(15(2)14-7)10(16)12-5-8-4-11-6-13-8/h3-4,6H,5H2,1-2H3,(H,11,13)(H,12,16). The summed E-state index contributed by atoms with van der Waals surface area (Å²) in [5.74, 6) is -0.141. The van der Waals surface area contributed by atoms with Crippen LogP contribution in [0.5, 0.6) is 0 Å². The normalized spacial score (nSPS) is 10.4. The molecule has 2 N–H and O–H groups in total. The van der Waals surface area contributed by atoms with Gasteiger partial charge in [-0.2, -0.15) is 5.10 Å². The maximum Gasteiger partial charge on any atom is 0.269 e. The average molecular weight is 219 g/mol. The number of carbonyl (C=O) groups excluding carboxylic acids is 1. The SMILES string of the molecule is Cc1cc(C(=O)NCc2cnc[nH]2)n(C)n1. The van der Waals surface area contributed by atoms with Gasteiger partial charge in [0.2, 0.25) is 0 Å². The maximum atomic E-state index is 11.8. The number of imidazole rings is 1. The number of hydrogen-bond acceptors (Lipinski definition) is 3. The number of nitrogens with zero attached hydrogens (tertiary/aromatic N) is 3. The van der Waals surface area contributed by atoms with Crippen molar-refractivity contribution in [1.82, 2.24) is 25.1 Å². The molecule has 0 aliphatic rings. The van der Waals surface area contributed by atoms with E-state index in [2.05, 4.69) is 20.4 Å². The van der Waals surface area contributed by atoms with E-state index in [9.17, 15) is 4.79 Å². The van der Waals surface area contributed by atoms with E-state index in [4.69, 9.17) is 0 Å². The zero-order chi connectivity index (χ0) is 11.5. The molecule has 1 amide bonds. The lowest BCUT2D eigenvalue weighted by atomic mass is 10.3. The Hall–Kier alpha value is -2.11. The number of hydrogen-bond donors (Lipinski definition) is 2. The Balaban J connectivity index is 2.01. The molecule has 0 spiro atoms. The number of aryl methyl sites for hydroxylation is 2. The van der Waals surface area contributed by atoms with Gasteiger partial charge in [-0.05, 0) is 13.0 Å². The van der Waals surface area contributed by atoms with Crippen molar-refractivity contribution in [2.75, 3.05) is 0 Å². The second-order valence-corrected chi connectivity index (χ2v) is 3.55. The molecule has 0 saturated heterocycles. The van der Waals surface area contributed by atoms with Gasteiger partial charge in [0.25, 0.3) is 5.91 Å². The van der Waals surface area contributed by atoms with Crippen LogP contribution in [0.25, 0.3) is 0 Å². The van der Waals surface area contributed by atoms with Crippen molar-refractivity contribution < 1.29 is 4.79 Å². The molecule has 0 bridgehead atoms. The first-order valence-corrected chi connectivity index (χ1v) is 4.93. The number of amides is 1. The third kappa shape index (κ3) is 2.10. The molecule has 0 unspecified atom stereocenters. The minimum absolute atomic E-state index is 0.141. The lowest BCUT2D eigenvalue weighted by molar-refractivity contribution is 0.0941. The van der Waals surface area contributed by atoms with Crippen LogP contribution in [0.2, 0.25) is 0 Å². The van der Waals surface area contributed by atoms with E-state index in [0.717, 1.165) is 11.4 Å². The molecule has 0 aromatic carbocycles. The van der Waals surface area contributed by atoms with Crippen molar-refractivity contribution in [3.8, 4) is 0 Å². The Morgan fingerprint density at radius 1 is 1.62 bits per heavy atom. The van der Waals surface area contributed by atoms with Crippen LogP contribution in [0.1, 0.15) is 21.9 Å². The molecule has 0 radical (unpaired) electrons. The fourth-order valence-electron chi connectivity index (χ4n) is 1.47. The highest BCUT2D eigenvalue weighted by Crippen LogP contribution is 2.01. The number of aromatic amines is 1. The van der Waals surface area contributed by atoms with Crippen LogP contribution in [0.15, 0.2) is 18.6 Å². The van der Waals surface area contributed by atoms with Gasteiger partial charge in [-0.25, -0.2) is 4.98 Å². The van der Waals surface area contributed by atoms with Gasteiger partial charge in [0.1, 0.15) is 5.69 Å². The van der Waals surface area contributed by atoms with E-state index in [1.807, 2.05) is 6.92 Å². The topological polar surface area (TPSA) is 75.6 Å². The summed E-state index contributed by atoms with van der Waals surface area (Å²) >= 11 is 0. The summed E-state index contributed by atoms with van der Waals surface area (Å²) in [7, 11) is 1.75. The molecule has 0 aliphatic carbocycles. The summed E-state index contributed by atoms with van der Waals surface area (Å²) in [6.07, 6.45) is 3.25. The van der Waals surface area contributed by atoms with Crippen LogP contribution in [0.3, 0.4) is 0 Å². The Labute approximate surface area is 92.7 Å². The lowest BCUT2D eigenvalue weighted by Crippen LogP contribution is -2.25. The Morgan fingerprint density at radius 2 is 2.44 bits per heavy atom. The largest absolute Gasteiger partial charge is 0.347 e. The summed E-state index contributed by atoms with van der Waals surface area (Å²) in [5, 5.41) is 6.90. The fourth-order valence-corrected chi connectivity index (χ4v) is 1.47. The van der Waals surface area contributed by atoms with Gasteiger partial charge in [0.15, 0.2) is 0 Å². The van der Waals surface area contributed by atoms with Gasteiger partial charge < -0.3 is 10.3 Å². The summed E-state index contributed by atoms with van der Waals surface area (Å²) in [6.45, 7) is 2.29. The highest BCUT2D eigenvalue weighted by atomic mass is 16.2. The number of nitrogens with one attached hydrogen (secondary N) is 2. The molecule has 2 aromatic rings. The summed E-state index contributed by atoms with van der Waals surface area (Å²) in [5.41, 5.74) is 2.25. The molecular formula is C10H13N5O. The summed E-state index contributed by atoms with van der Waals surface area (Å²) < 4.78 is 1.57. The molecule has 2 rings (SSSR count). The van der Waals surface area contributed by atoms with E-state index in [1.54, 1.807) is 30.3 Å². The monoisotopic (exact) mass is 219 g/mol. The van der Waals surface area contributed by atoms with E-state index in [1.165, 1.54) is 0 Å². The van der Waals surface area contributed by atoms with Crippen LogP contribution in [0, 0.1) is 6.92 Å². The Bertz CT molecular complexity index is 485. The summed E-state index contributed by atoms with van der Waals surface area (Å²) in [6, 6.07) is 1.75. The Kier molecular flexibility index (Phi) is 2.72.